The molecule has 2 heterocycles. The molecule has 0 aromatic carbocycles. The summed E-state index contributed by atoms with van der Waals surface area (Å²) in [5.74, 6) is 0.808. The minimum absolute atomic E-state index is 0.192. The summed E-state index contributed by atoms with van der Waals surface area (Å²) in [6.07, 6.45) is 4.78. The summed E-state index contributed by atoms with van der Waals surface area (Å²) in [6.45, 7) is 8.44. The van der Waals surface area contributed by atoms with E-state index >= 15 is 0 Å². The normalized spacial score (nSPS) is 19.1. The van der Waals surface area contributed by atoms with Crippen LogP contribution in [0.3, 0.4) is 0 Å². The number of aryl methyl sites for hydroxylation is 1. The summed E-state index contributed by atoms with van der Waals surface area (Å²) in [5.41, 5.74) is 0.511. The summed E-state index contributed by atoms with van der Waals surface area (Å²) in [6, 6.07) is 2.08. The van der Waals surface area contributed by atoms with Gasteiger partial charge in [0.15, 0.2) is 5.16 Å². The molecule has 0 radical (unpaired) electrons. The minimum Gasteiger partial charge on any atom is -0.444 e. The van der Waals surface area contributed by atoms with Crippen molar-refractivity contribution in [1.29, 1.82) is 0 Å². The summed E-state index contributed by atoms with van der Waals surface area (Å²) in [4.78, 5) is 22.9. The van der Waals surface area contributed by atoms with Gasteiger partial charge in [-0.2, -0.15) is 0 Å². The van der Waals surface area contributed by atoms with Crippen LogP contribution < -0.4 is 0 Å². The maximum absolute atomic E-state index is 12.4. The third-order valence-electron chi connectivity index (χ3n) is 3.43. The topological polar surface area (TPSA) is 55.3 Å². The smallest absolute Gasteiger partial charge is 0.410 e. The Morgan fingerprint density at radius 3 is 2.91 bits per heavy atom. The first-order valence-corrected chi connectivity index (χ1v) is 8.76. The van der Waals surface area contributed by atoms with Gasteiger partial charge < -0.3 is 9.64 Å². The van der Waals surface area contributed by atoms with Gasteiger partial charge in [-0.15, -0.1) is 0 Å². The molecule has 0 N–H and O–H groups in total. The van der Waals surface area contributed by atoms with Gasteiger partial charge in [0, 0.05) is 30.2 Å². The van der Waals surface area contributed by atoms with Crippen LogP contribution in [0, 0.1) is 6.92 Å². The van der Waals surface area contributed by atoms with Crippen LogP contribution in [-0.2, 0) is 4.74 Å². The summed E-state index contributed by atoms with van der Waals surface area (Å²) < 4.78 is 5.53. The van der Waals surface area contributed by atoms with E-state index in [9.17, 15) is 4.79 Å². The van der Waals surface area contributed by atoms with E-state index < -0.39 is 5.60 Å². The van der Waals surface area contributed by atoms with Crippen molar-refractivity contribution < 1.29 is 9.53 Å². The van der Waals surface area contributed by atoms with E-state index in [0.29, 0.717) is 0 Å². The predicted octanol–water partition coefficient (Wildman–Crippen LogP) is 3.67. The summed E-state index contributed by atoms with van der Waals surface area (Å²) in [7, 11) is 0. The molecule has 0 bridgehead atoms. The zero-order valence-corrected chi connectivity index (χ0v) is 14.7. The number of likely N-dealkylation sites (tertiary alicyclic amines) is 1. The van der Waals surface area contributed by atoms with Crippen LogP contribution in [0.1, 0.15) is 45.7 Å². The molecule has 22 heavy (non-hydrogen) atoms. The van der Waals surface area contributed by atoms with Gasteiger partial charge in [0.2, 0.25) is 0 Å². The minimum atomic E-state index is -0.453. The number of rotatable bonds is 3. The van der Waals surface area contributed by atoms with Crippen molar-refractivity contribution in [2.24, 2.45) is 0 Å². The number of carbonyl (C=O) groups is 1. The Kier molecular flexibility index (Phi) is 5.67. The predicted molar refractivity (Wildman–Crippen MR) is 88.1 cm³/mol. The lowest BCUT2D eigenvalue weighted by Gasteiger charge is -2.36. The Morgan fingerprint density at radius 1 is 1.45 bits per heavy atom. The van der Waals surface area contributed by atoms with E-state index in [-0.39, 0.29) is 12.1 Å². The lowest BCUT2D eigenvalue weighted by molar-refractivity contribution is 0.0125. The molecule has 1 atom stereocenters. The molecular formula is C16H25N3O2S. The molecule has 1 amide bonds. The molecule has 0 aliphatic carbocycles. The average Bonchev–Trinajstić information content (AvgIpc) is 2.44. The maximum Gasteiger partial charge on any atom is 0.410 e. The summed E-state index contributed by atoms with van der Waals surface area (Å²) >= 11 is 1.61. The number of amides is 1. The highest BCUT2D eigenvalue weighted by Crippen LogP contribution is 2.25. The van der Waals surface area contributed by atoms with Crippen molar-refractivity contribution in [3.63, 3.8) is 0 Å². The molecule has 122 valence electrons. The number of thioether (sulfide) groups is 1. The molecule has 1 saturated heterocycles. The Bertz CT molecular complexity index is 516. The molecular weight excluding hydrogens is 298 g/mol. The van der Waals surface area contributed by atoms with Crippen LogP contribution >= 0.6 is 11.8 Å². The van der Waals surface area contributed by atoms with E-state index in [1.165, 1.54) is 0 Å². The van der Waals surface area contributed by atoms with Gasteiger partial charge in [0.1, 0.15) is 5.60 Å². The zero-order chi connectivity index (χ0) is 16.2. The number of carbonyl (C=O) groups excluding carboxylic acids is 1. The average molecular weight is 323 g/mol. The highest BCUT2D eigenvalue weighted by Gasteiger charge is 2.30. The third-order valence-corrected chi connectivity index (χ3v) is 4.44. The second-order valence-electron chi connectivity index (χ2n) is 6.61. The number of ether oxygens (including phenoxy) is 1. The van der Waals surface area contributed by atoms with Gasteiger partial charge in [-0.3, -0.25) is 0 Å². The SMILES string of the molecule is Cc1ccnc(SCC2CCCCN2C(=O)OC(C)(C)C)n1. The number of aromatic nitrogens is 2. The standard InChI is InChI=1S/C16H25N3O2S/c1-12-8-9-17-14(18-12)22-11-13-7-5-6-10-19(13)15(20)21-16(2,3)4/h8-9,13H,5-7,10-11H2,1-4H3. The highest BCUT2D eigenvalue weighted by molar-refractivity contribution is 7.99. The molecule has 2 rings (SSSR count). The molecule has 1 aromatic rings. The van der Waals surface area contributed by atoms with Crippen LogP contribution in [0.25, 0.3) is 0 Å². The van der Waals surface area contributed by atoms with E-state index in [4.69, 9.17) is 4.74 Å². The van der Waals surface area contributed by atoms with Crippen molar-refractivity contribution in [3.8, 4) is 0 Å². The number of nitrogens with zero attached hydrogens (tertiary/aromatic N) is 3. The third kappa shape index (κ3) is 5.16. The quantitative estimate of drug-likeness (QED) is 0.627. The van der Waals surface area contributed by atoms with Crippen molar-refractivity contribution in [2.75, 3.05) is 12.3 Å². The van der Waals surface area contributed by atoms with E-state index in [2.05, 4.69) is 9.97 Å². The lowest BCUT2D eigenvalue weighted by atomic mass is 10.0. The second-order valence-corrected chi connectivity index (χ2v) is 7.60. The molecule has 1 aliphatic rings. The van der Waals surface area contributed by atoms with E-state index in [1.54, 1.807) is 18.0 Å². The molecule has 1 unspecified atom stereocenters. The molecule has 0 spiro atoms. The van der Waals surface area contributed by atoms with E-state index in [1.807, 2.05) is 38.7 Å². The Balaban J connectivity index is 1.96. The van der Waals surface area contributed by atoms with Crippen LogP contribution in [0.15, 0.2) is 17.4 Å². The molecule has 1 aromatic heterocycles. The van der Waals surface area contributed by atoms with Crippen LogP contribution in [0.5, 0.6) is 0 Å². The Morgan fingerprint density at radius 2 is 2.23 bits per heavy atom. The van der Waals surface area contributed by atoms with Gasteiger partial charge in [-0.25, -0.2) is 14.8 Å². The van der Waals surface area contributed by atoms with Crippen molar-refractivity contribution in [1.82, 2.24) is 14.9 Å². The van der Waals surface area contributed by atoms with E-state index in [0.717, 1.165) is 42.4 Å². The van der Waals surface area contributed by atoms with Gasteiger partial charge in [0.25, 0.3) is 0 Å². The number of piperidine rings is 1. The maximum atomic E-state index is 12.4. The first kappa shape index (κ1) is 17.1. The Labute approximate surface area is 136 Å². The van der Waals surface area contributed by atoms with Crippen molar-refractivity contribution in [3.05, 3.63) is 18.0 Å². The van der Waals surface area contributed by atoms with Crippen LogP contribution in [0.2, 0.25) is 0 Å². The first-order valence-electron chi connectivity index (χ1n) is 7.77. The zero-order valence-electron chi connectivity index (χ0n) is 13.8. The van der Waals surface area contributed by atoms with Gasteiger partial charge in [0.05, 0.1) is 0 Å². The monoisotopic (exact) mass is 323 g/mol. The fourth-order valence-corrected chi connectivity index (χ4v) is 3.43. The van der Waals surface area contributed by atoms with Gasteiger partial charge in [-0.05, 0) is 53.0 Å². The van der Waals surface area contributed by atoms with Gasteiger partial charge >= 0.3 is 6.09 Å². The fraction of sp³-hybridized carbons (Fsp3) is 0.688. The van der Waals surface area contributed by atoms with Crippen molar-refractivity contribution in [2.45, 2.75) is 63.8 Å². The molecule has 5 nitrogen and oxygen atoms in total. The van der Waals surface area contributed by atoms with Crippen LogP contribution in [-0.4, -0.2) is 44.9 Å². The molecule has 1 aliphatic heterocycles. The first-order chi connectivity index (χ1) is 10.3. The largest absolute Gasteiger partial charge is 0.444 e. The second kappa shape index (κ2) is 7.31. The molecule has 0 saturated carbocycles. The van der Waals surface area contributed by atoms with Crippen molar-refractivity contribution >= 4 is 17.9 Å². The summed E-state index contributed by atoms with van der Waals surface area (Å²) in [5, 5.41) is 0.773. The van der Waals surface area contributed by atoms with Crippen LogP contribution in [0.4, 0.5) is 4.79 Å². The highest BCUT2D eigenvalue weighted by atomic mass is 32.2. The number of hydrogen-bond donors (Lipinski definition) is 0. The fourth-order valence-electron chi connectivity index (χ4n) is 2.40. The molecule has 6 heteroatoms. The van der Waals surface area contributed by atoms with Gasteiger partial charge in [-0.1, -0.05) is 11.8 Å². The number of hydrogen-bond acceptors (Lipinski definition) is 5. The molecule has 1 fully saturated rings. The lowest BCUT2D eigenvalue weighted by Crippen LogP contribution is -2.47. The Hall–Kier alpha value is -1.30.